The molecule has 2 nitrogen and oxygen atoms in total. The highest BCUT2D eigenvalue weighted by Gasteiger charge is 2.01. The van der Waals surface area contributed by atoms with Crippen LogP contribution < -0.4 is 10.1 Å². The smallest absolute Gasteiger partial charge is 0.122 e. The van der Waals surface area contributed by atoms with Crippen LogP contribution in [0.5, 0.6) is 5.75 Å². The van der Waals surface area contributed by atoms with Gasteiger partial charge >= 0.3 is 0 Å². The molecule has 0 atom stereocenters. The Kier molecular flexibility index (Phi) is 4.91. The number of para-hydroxylation sites is 1. The summed E-state index contributed by atoms with van der Waals surface area (Å²) in [5.41, 5.74) is 2.30. The minimum absolute atomic E-state index is 0.581. The number of hydrogen-bond acceptors (Lipinski definition) is 2. The van der Waals surface area contributed by atoms with Crippen LogP contribution in [0.25, 0.3) is 0 Å². The zero-order valence-corrected chi connectivity index (χ0v) is 9.55. The summed E-state index contributed by atoms with van der Waals surface area (Å²) in [6.07, 6.45) is 0.995. The third-order valence-corrected chi connectivity index (χ3v) is 2.21. The summed E-state index contributed by atoms with van der Waals surface area (Å²) in [5.74, 6) is 0.970. The van der Waals surface area contributed by atoms with Crippen LogP contribution in [0.3, 0.4) is 0 Å². The van der Waals surface area contributed by atoms with Gasteiger partial charge in [-0.2, -0.15) is 0 Å². The molecule has 0 heterocycles. The molecule has 1 rings (SSSR count). The van der Waals surface area contributed by atoms with Crippen LogP contribution >= 0.6 is 0 Å². The number of benzene rings is 1. The lowest BCUT2D eigenvalue weighted by atomic mass is 10.1. The molecule has 0 bridgehead atoms. The van der Waals surface area contributed by atoms with Gasteiger partial charge in [0.15, 0.2) is 0 Å². The normalized spacial score (nSPS) is 10.0. The Labute approximate surface area is 92.0 Å². The maximum absolute atomic E-state index is 5.70. The van der Waals surface area contributed by atoms with Crippen LogP contribution in [0.1, 0.15) is 12.5 Å². The highest BCUT2D eigenvalue weighted by Crippen LogP contribution is 2.18. The van der Waals surface area contributed by atoms with E-state index >= 15 is 0 Å². The number of aryl methyl sites for hydroxylation is 1. The summed E-state index contributed by atoms with van der Waals surface area (Å²) >= 11 is 0. The monoisotopic (exact) mass is 205 g/mol. The first-order valence-electron chi connectivity index (χ1n) is 5.30. The van der Waals surface area contributed by atoms with E-state index in [9.17, 15) is 0 Å². The Morgan fingerprint density at radius 2 is 2.13 bits per heavy atom. The van der Waals surface area contributed by atoms with Gasteiger partial charge < -0.3 is 10.1 Å². The van der Waals surface area contributed by atoms with E-state index in [2.05, 4.69) is 24.9 Å². The van der Waals surface area contributed by atoms with Crippen molar-refractivity contribution in [2.45, 2.75) is 13.3 Å². The molecule has 0 aliphatic rings. The third kappa shape index (κ3) is 3.76. The molecule has 0 aliphatic carbocycles. The zero-order chi connectivity index (χ0) is 11.1. The molecule has 1 aromatic rings. The van der Waals surface area contributed by atoms with Crippen LogP contribution in [0.2, 0.25) is 0 Å². The van der Waals surface area contributed by atoms with Gasteiger partial charge in [-0.25, -0.2) is 0 Å². The Bertz CT molecular complexity index is 320. The third-order valence-electron chi connectivity index (χ3n) is 2.21. The van der Waals surface area contributed by atoms with Gasteiger partial charge in [0.25, 0.3) is 0 Å². The van der Waals surface area contributed by atoms with Gasteiger partial charge in [-0.1, -0.05) is 31.7 Å². The molecular formula is C13H19NO. The summed E-state index contributed by atoms with van der Waals surface area (Å²) in [6.45, 7) is 7.44. The minimum atomic E-state index is 0.581. The number of ether oxygens (including phenoxy) is 1. The van der Waals surface area contributed by atoms with Crippen molar-refractivity contribution in [1.29, 1.82) is 0 Å². The highest BCUT2D eigenvalue weighted by molar-refractivity contribution is 5.33. The summed E-state index contributed by atoms with van der Waals surface area (Å²) in [7, 11) is 1.91. The van der Waals surface area contributed by atoms with E-state index in [1.807, 2.05) is 25.2 Å². The first kappa shape index (κ1) is 11.8. The van der Waals surface area contributed by atoms with Crippen molar-refractivity contribution in [2.24, 2.45) is 0 Å². The van der Waals surface area contributed by atoms with Crippen molar-refractivity contribution in [2.75, 3.05) is 20.2 Å². The first-order valence-corrected chi connectivity index (χ1v) is 5.30. The largest absolute Gasteiger partial charge is 0.489 e. The maximum Gasteiger partial charge on any atom is 0.122 e. The van der Waals surface area contributed by atoms with E-state index in [0.29, 0.717) is 6.61 Å². The lowest BCUT2D eigenvalue weighted by Crippen LogP contribution is -2.14. The second kappa shape index (κ2) is 6.25. The maximum atomic E-state index is 5.70. The second-order valence-corrected chi connectivity index (χ2v) is 3.53. The summed E-state index contributed by atoms with van der Waals surface area (Å²) in [5, 5.41) is 3.05. The number of nitrogens with one attached hydrogen (secondary N) is 1. The van der Waals surface area contributed by atoms with E-state index in [1.165, 1.54) is 5.56 Å². The van der Waals surface area contributed by atoms with Gasteiger partial charge in [0.2, 0.25) is 0 Å². The fraction of sp³-hybridized carbons (Fsp3) is 0.385. The molecule has 0 aromatic heterocycles. The van der Waals surface area contributed by atoms with E-state index in [0.717, 1.165) is 24.3 Å². The molecule has 0 spiro atoms. The van der Waals surface area contributed by atoms with Gasteiger partial charge in [-0.3, -0.25) is 0 Å². The molecule has 1 N–H and O–H groups in total. The molecule has 0 amide bonds. The summed E-state index contributed by atoms with van der Waals surface area (Å²) in [4.78, 5) is 0. The Balaban J connectivity index is 2.53. The SMILES string of the molecule is C=C(CNC)COc1ccccc1CC. The Morgan fingerprint density at radius 1 is 1.40 bits per heavy atom. The molecule has 0 radical (unpaired) electrons. The quantitative estimate of drug-likeness (QED) is 0.720. The van der Waals surface area contributed by atoms with Crippen LogP contribution in [-0.4, -0.2) is 20.2 Å². The predicted molar refractivity (Wildman–Crippen MR) is 64.4 cm³/mol. The van der Waals surface area contributed by atoms with Crippen molar-refractivity contribution in [3.05, 3.63) is 42.0 Å². The van der Waals surface area contributed by atoms with Gasteiger partial charge in [0.05, 0.1) is 0 Å². The fourth-order valence-electron chi connectivity index (χ4n) is 1.42. The van der Waals surface area contributed by atoms with Crippen LogP contribution in [0, 0.1) is 0 Å². The van der Waals surface area contributed by atoms with E-state index in [-0.39, 0.29) is 0 Å². The molecule has 15 heavy (non-hydrogen) atoms. The standard InChI is InChI=1S/C13H19NO/c1-4-12-7-5-6-8-13(12)15-10-11(2)9-14-3/h5-8,14H,2,4,9-10H2,1,3H3. The van der Waals surface area contributed by atoms with Crippen molar-refractivity contribution in [1.82, 2.24) is 5.32 Å². The minimum Gasteiger partial charge on any atom is -0.489 e. The van der Waals surface area contributed by atoms with Crippen molar-refractivity contribution in [3.63, 3.8) is 0 Å². The zero-order valence-electron chi connectivity index (χ0n) is 9.55. The highest BCUT2D eigenvalue weighted by atomic mass is 16.5. The van der Waals surface area contributed by atoms with E-state index in [1.54, 1.807) is 0 Å². The molecule has 1 aromatic carbocycles. The molecule has 0 saturated heterocycles. The molecule has 0 aliphatic heterocycles. The van der Waals surface area contributed by atoms with Crippen LogP contribution in [-0.2, 0) is 6.42 Å². The number of rotatable bonds is 6. The topological polar surface area (TPSA) is 21.3 Å². The van der Waals surface area contributed by atoms with Crippen LogP contribution in [0.15, 0.2) is 36.4 Å². The molecule has 82 valence electrons. The van der Waals surface area contributed by atoms with Gasteiger partial charge in [0, 0.05) is 6.54 Å². The molecule has 0 fully saturated rings. The Hall–Kier alpha value is -1.28. The van der Waals surface area contributed by atoms with Gasteiger partial charge in [-0.15, -0.1) is 0 Å². The lowest BCUT2D eigenvalue weighted by Gasteiger charge is -2.11. The fourth-order valence-corrected chi connectivity index (χ4v) is 1.42. The van der Waals surface area contributed by atoms with E-state index < -0.39 is 0 Å². The lowest BCUT2D eigenvalue weighted by molar-refractivity contribution is 0.345. The van der Waals surface area contributed by atoms with Crippen molar-refractivity contribution < 1.29 is 4.74 Å². The number of likely N-dealkylation sites (N-methyl/N-ethyl adjacent to an activating group) is 1. The number of hydrogen-bond donors (Lipinski definition) is 1. The predicted octanol–water partition coefficient (Wildman–Crippen LogP) is 2.40. The molecule has 0 unspecified atom stereocenters. The van der Waals surface area contributed by atoms with Gasteiger partial charge in [0.1, 0.15) is 12.4 Å². The molecular weight excluding hydrogens is 186 g/mol. The summed E-state index contributed by atoms with van der Waals surface area (Å²) < 4.78 is 5.70. The van der Waals surface area contributed by atoms with Crippen molar-refractivity contribution in [3.8, 4) is 5.75 Å². The average molecular weight is 205 g/mol. The Morgan fingerprint density at radius 3 is 2.80 bits per heavy atom. The summed E-state index contributed by atoms with van der Waals surface area (Å²) in [6, 6.07) is 8.13. The second-order valence-electron chi connectivity index (χ2n) is 3.53. The average Bonchev–Trinajstić information content (AvgIpc) is 2.27. The first-order chi connectivity index (χ1) is 7.27. The molecule has 2 heteroatoms. The van der Waals surface area contributed by atoms with Crippen molar-refractivity contribution >= 4 is 0 Å². The van der Waals surface area contributed by atoms with E-state index in [4.69, 9.17) is 4.74 Å². The molecule has 0 saturated carbocycles. The van der Waals surface area contributed by atoms with Crippen LogP contribution in [0.4, 0.5) is 0 Å². The van der Waals surface area contributed by atoms with Gasteiger partial charge in [-0.05, 0) is 30.7 Å².